The zero-order chi connectivity index (χ0) is 24.2. The largest absolute Gasteiger partial charge is 0.459 e. The third-order valence-electron chi connectivity index (χ3n) is 5.85. The molecule has 0 aromatic heterocycles. The van der Waals surface area contributed by atoms with Gasteiger partial charge < -0.3 is 9.84 Å². The van der Waals surface area contributed by atoms with Crippen LogP contribution in [-0.2, 0) is 14.3 Å². The van der Waals surface area contributed by atoms with Gasteiger partial charge in [0.05, 0.1) is 10.9 Å². The van der Waals surface area contributed by atoms with E-state index in [1.807, 2.05) is 27.7 Å². The first-order valence-corrected chi connectivity index (χ1v) is 13.8. The summed E-state index contributed by atoms with van der Waals surface area (Å²) in [7, 11) is 0. The van der Waals surface area contributed by atoms with Crippen molar-refractivity contribution in [3.8, 4) is 0 Å². The van der Waals surface area contributed by atoms with Crippen LogP contribution in [0, 0.1) is 11.8 Å². The molecule has 0 aromatic carbocycles. The van der Waals surface area contributed by atoms with Crippen molar-refractivity contribution in [2.24, 2.45) is 11.8 Å². The molecule has 0 fully saturated rings. The van der Waals surface area contributed by atoms with E-state index in [0.29, 0.717) is 17.2 Å². The van der Waals surface area contributed by atoms with Crippen LogP contribution >= 0.6 is 47.8 Å². The van der Waals surface area contributed by atoms with Gasteiger partial charge in [-0.3, -0.25) is 9.59 Å². The number of esters is 1. The number of carbonyl (C=O) groups excluding carboxylic acids is 2. The zero-order valence-corrected chi connectivity index (χ0v) is 24.5. The Morgan fingerprint density at radius 3 is 1.68 bits per heavy atom. The van der Waals surface area contributed by atoms with Gasteiger partial charge in [0.1, 0.15) is 10.9 Å². The quantitative estimate of drug-likeness (QED) is 0.150. The highest BCUT2D eigenvalue weighted by molar-refractivity contribution is 9.19. The second kappa shape index (κ2) is 15.0. The lowest BCUT2D eigenvalue weighted by atomic mass is 9.79. The molecule has 0 heterocycles. The third-order valence-corrected chi connectivity index (χ3v) is 7.85. The number of ether oxygens (including phenoxy) is 1. The minimum Gasteiger partial charge on any atom is -0.459 e. The van der Waals surface area contributed by atoms with Crippen molar-refractivity contribution >= 4 is 58.5 Å². The highest BCUT2D eigenvalue weighted by atomic mass is 79.9. The number of allylic oxidation sites excluding steroid dienone is 4. The van der Waals surface area contributed by atoms with Crippen LogP contribution < -0.4 is 0 Å². The predicted octanol–water partition coefficient (Wildman–Crippen LogP) is 7.26. The van der Waals surface area contributed by atoms with Crippen molar-refractivity contribution in [1.82, 2.24) is 0 Å². The van der Waals surface area contributed by atoms with Gasteiger partial charge in [-0.1, -0.05) is 55.2 Å². The van der Waals surface area contributed by atoms with Gasteiger partial charge in [0.15, 0.2) is 0 Å². The molecule has 0 saturated carbocycles. The molecule has 31 heavy (non-hydrogen) atoms. The maximum absolute atomic E-state index is 11.2. The molecule has 0 spiro atoms. The van der Waals surface area contributed by atoms with Crippen LogP contribution in [0.3, 0.4) is 0 Å². The third kappa shape index (κ3) is 14.0. The Morgan fingerprint density at radius 2 is 1.39 bits per heavy atom. The summed E-state index contributed by atoms with van der Waals surface area (Å²) in [6, 6.07) is 0. The van der Waals surface area contributed by atoms with Crippen molar-refractivity contribution in [2.45, 2.75) is 91.3 Å². The predicted molar refractivity (Wildman–Crippen MR) is 140 cm³/mol. The van der Waals surface area contributed by atoms with Gasteiger partial charge in [0, 0.05) is 5.92 Å². The molecule has 0 aliphatic heterocycles. The van der Waals surface area contributed by atoms with Crippen molar-refractivity contribution in [2.75, 3.05) is 10.7 Å². The SMILES string of the molecule is CC1=CCC(C(C)(C)O)CC1.CC1=CCC(C(C)(C)OC(=O)CBr)CC1.O=C(Br)CBr. The van der Waals surface area contributed by atoms with Crippen molar-refractivity contribution in [1.29, 1.82) is 0 Å². The maximum atomic E-state index is 11.2. The van der Waals surface area contributed by atoms with Crippen LogP contribution in [0.5, 0.6) is 0 Å². The molecule has 0 amide bonds. The Morgan fingerprint density at radius 1 is 0.968 bits per heavy atom. The molecule has 2 rings (SSSR count). The summed E-state index contributed by atoms with van der Waals surface area (Å²) in [6.07, 6.45) is 11.1. The average Bonchev–Trinajstić information content (AvgIpc) is 2.68. The molecule has 180 valence electrons. The molecule has 0 aromatic rings. The Hall–Kier alpha value is 0.0200. The monoisotopic (exact) mass is 628 g/mol. The summed E-state index contributed by atoms with van der Waals surface area (Å²) in [5, 5.41) is 10.4. The van der Waals surface area contributed by atoms with Gasteiger partial charge in [-0.2, -0.15) is 0 Å². The van der Waals surface area contributed by atoms with Crippen LogP contribution in [0.4, 0.5) is 0 Å². The van der Waals surface area contributed by atoms with Crippen LogP contribution in [-0.4, -0.2) is 37.6 Å². The van der Waals surface area contributed by atoms with Crippen molar-refractivity contribution in [3.63, 3.8) is 0 Å². The fourth-order valence-electron chi connectivity index (χ4n) is 3.61. The van der Waals surface area contributed by atoms with Gasteiger partial charge in [0.25, 0.3) is 0 Å². The number of alkyl halides is 2. The number of carbonyl (C=O) groups is 2. The number of halogens is 3. The fraction of sp³-hybridized carbons (Fsp3) is 0.750. The first-order valence-electron chi connectivity index (χ1n) is 10.8. The van der Waals surface area contributed by atoms with E-state index in [9.17, 15) is 14.7 Å². The summed E-state index contributed by atoms with van der Waals surface area (Å²) in [5.41, 5.74) is 2.10. The Labute approximate surface area is 214 Å². The van der Waals surface area contributed by atoms with E-state index in [2.05, 4.69) is 73.8 Å². The molecule has 2 atom stereocenters. The van der Waals surface area contributed by atoms with Gasteiger partial charge in [-0.15, -0.1) is 0 Å². The molecule has 4 nitrogen and oxygen atoms in total. The lowest BCUT2D eigenvalue weighted by Crippen LogP contribution is -2.37. The Kier molecular flexibility index (Phi) is 15.0. The second-order valence-electron chi connectivity index (χ2n) is 9.40. The number of rotatable bonds is 5. The molecule has 2 aliphatic rings. The highest BCUT2D eigenvalue weighted by Gasteiger charge is 2.33. The summed E-state index contributed by atoms with van der Waals surface area (Å²) in [6.45, 7) is 12.2. The summed E-state index contributed by atoms with van der Waals surface area (Å²) in [4.78, 5) is 20.9. The second-order valence-corrected chi connectivity index (χ2v) is 11.4. The van der Waals surface area contributed by atoms with E-state index in [-0.39, 0.29) is 21.6 Å². The normalized spacial score (nSPS) is 21.4. The van der Waals surface area contributed by atoms with Crippen LogP contribution in [0.25, 0.3) is 0 Å². The lowest BCUT2D eigenvalue weighted by Gasteiger charge is -2.35. The van der Waals surface area contributed by atoms with Gasteiger partial charge in [-0.05, 0) is 102 Å². The molecular weight excluding hydrogens is 592 g/mol. The number of hydrogen-bond acceptors (Lipinski definition) is 4. The summed E-state index contributed by atoms with van der Waals surface area (Å²) >= 11 is 8.72. The van der Waals surface area contributed by atoms with Gasteiger partial charge in [-0.25, -0.2) is 0 Å². The molecule has 0 radical (unpaired) electrons. The zero-order valence-electron chi connectivity index (χ0n) is 19.8. The average molecular weight is 631 g/mol. The summed E-state index contributed by atoms with van der Waals surface area (Å²) < 4.78 is 5.43. The first-order chi connectivity index (χ1) is 14.2. The standard InChI is InChI=1S/C12H19BrO2.C10H18O.C2H2Br2O/c1-9-4-6-10(7-5-9)12(2,3)15-11(14)8-13;1-8-4-6-9(7-5-8)10(2,3)11;3-1-2(4)5/h4,10H,5-8H2,1-3H3;4,9,11H,5-7H2,1-3H3;1H2. The van der Waals surface area contributed by atoms with E-state index < -0.39 is 5.60 Å². The number of hydrogen-bond donors (Lipinski definition) is 1. The molecule has 0 bridgehead atoms. The van der Waals surface area contributed by atoms with Crippen LogP contribution in [0.15, 0.2) is 23.3 Å². The Balaban J connectivity index is 0.000000492. The smallest absolute Gasteiger partial charge is 0.317 e. The molecule has 2 aliphatic carbocycles. The molecule has 7 heteroatoms. The van der Waals surface area contributed by atoms with E-state index in [1.54, 1.807) is 0 Å². The molecular formula is C24H39Br3O4. The van der Waals surface area contributed by atoms with Crippen LogP contribution in [0.1, 0.15) is 80.1 Å². The fourth-order valence-corrected chi connectivity index (χ4v) is 3.72. The first kappa shape index (κ1) is 31.0. The number of aliphatic hydroxyl groups is 1. The molecule has 0 saturated heterocycles. The van der Waals surface area contributed by atoms with E-state index in [0.717, 1.165) is 38.5 Å². The molecule has 1 N–H and O–H groups in total. The van der Waals surface area contributed by atoms with E-state index in [4.69, 9.17) is 4.74 Å². The van der Waals surface area contributed by atoms with E-state index in [1.165, 1.54) is 11.1 Å². The summed E-state index contributed by atoms with van der Waals surface area (Å²) in [5.74, 6) is 0.738. The topological polar surface area (TPSA) is 63.6 Å². The maximum Gasteiger partial charge on any atom is 0.317 e. The van der Waals surface area contributed by atoms with Gasteiger partial charge in [0.2, 0.25) is 4.69 Å². The van der Waals surface area contributed by atoms with Crippen molar-refractivity contribution < 1.29 is 19.4 Å². The minimum atomic E-state index is -0.489. The molecule has 2 unspecified atom stereocenters. The van der Waals surface area contributed by atoms with E-state index >= 15 is 0 Å². The van der Waals surface area contributed by atoms with Crippen molar-refractivity contribution in [3.05, 3.63) is 23.3 Å². The highest BCUT2D eigenvalue weighted by Crippen LogP contribution is 2.34. The lowest BCUT2D eigenvalue weighted by molar-refractivity contribution is -0.158. The van der Waals surface area contributed by atoms with Crippen LogP contribution in [0.2, 0.25) is 0 Å². The minimum absolute atomic E-state index is 0.0162. The van der Waals surface area contributed by atoms with Gasteiger partial charge >= 0.3 is 5.97 Å². The Bertz CT molecular complexity index is 633.